The molecule has 0 aliphatic rings. The van der Waals surface area contributed by atoms with Crippen LogP contribution < -0.4 is 10.1 Å². The number of thiazole rings is 1. The van der Waals surface area contributed by atoms with Crippen LogP contribution in [-0.4, -0.2) is 17.0 Å². The molecule has 140 valence electrons. The summed E-state index contributed by atoms with van der Waals surface area (Å²) in [7, 11) is 0. The van der Waals surface area contributed by atoms with Gasteiger partial charge in [-0.15, -0.1) is 11.3 Å². The summed E-state index contributed by atoms with van der Waals surface area (Å²) < 4.78 is 20.2. The van der Waals surface area contributed by atoms with Gasteiger partial charge in [0.05, 0.1) is 10.2 Å². The van der Waals surface area contributed by atoms with Crippen LogP contribution in [0.2, 0.25) is 0 Å². The Balaban J connectivity index is 1.43. The van der Waals surface area contributed by atoms with E-state index < -0.39 is 11.9 Å². The maximum Gasteiger partial charge on any atom is 0.265 e. The number of rotatable bonds is 5. The molecule has 0 aliphatic carbocycles. The molecule has 0 fully saturated rings. The molecule has 0 unspecified atom stereocenters. The van der Waals surface area contributed by atoms with Crippen LogP contribution in [0.5, 0.6) is 5.75 Å². The summed E-state index contributed by atoms with van der Waals surface area (Å²) in [6, 6.07) is 21.5. The Morgan fingerprint density at radius 3 is 2.50 bits per heavy atom. The van der Waals surface area contributed by atoms with E-state index in [1.165, 1.54) is 12.1 Å². The zero-order chi connectivity index (χ0) is 19.5. The molecular formula is C22H17FN2O2S. The van der Waals surface area contributed by atoms with Crippen LogP contribution in [-0.2, 0) is 4.79 Å². The molecule has 28 heavy (non-hydrogen) atoms. The van der Waals surface area contributed by atoms with Crippen molar-refractivity contribution in [3.8, 4) is 16.3 Å². The van der Waals surface area contributed by atoms with Crippen molar-refractivity contribution in [3.05, 3.63) is 78.6 Å². The van der Waals surface area contributed by atoms with Crippen molar-refractivity contribution in [2.24, 2.45) is 0 Å². The van der Waals surface area contributed by atoms with Gasteiger partial charge in [0.15, 0.2) is 17.7 Å². The minimum absolute atomic E-state index is 0.0522. The van der Waals surface area contributed by atoms with Gasteiger partial charge in [0.1, 0.15) is 5.01 Å². The van der Waals surface area contributed by atoms with Crippen LogP contribution in [0.15, 0.2) is 72.8 Å². The van der Waals surface area contributed by atoms with Gasteiger partial charge in [-0.05, 0) is 55.5 Å². The molecule has 0 radical (unpaired) electrons. The number of amides is 1. The van der Waals surface area contributed by atoms with E-state index in [9.17, 15) is 9.18 Å². The van der Waals surface area contributed by atoms with E-state index in [-0.39, 0.29) is 11.7 Å². The van der Waals surface area contributed by atoms with Crippen LogP contribution in [0.25, 0.3) is 20.8 Å². The molecule has 1 N–H and O–H groups in total. The average molecular weight is 392 g/mol. The number of para-hydroxylation sites is 2. The van der Waals surface area contributed by atoms with Crippen LogP contribution >= 0.6 is 11.3 Å². The standard InChI is InChI=1S/C22H17FN2O2S/c1-14(27-19-8-4-2-6-17(19)23)21(26)24-16-12-10-15(11-13-16)22-25-18-7-3-5-9-20(18)28-22/h2-14H,1H3,(H,24,26)/t14-/m0/s1. The van der Waals surface area contributed by atoms with E-state index in [2.05, 4.69) is 10.3 Å². The average Bonchev–Trinajstić information content (AvgIpc) is 3.14. The third-order valence-corrected chi connectivity index (χ3v) is 5.29. The van der Waals surface area contributed by atoms with E-state index in [0.717, 1.165) is 20.8 Å². The Bertz CT molecular complexity index is 1090. The predicted molar refractivity (Wildman–Crippen MR) is 110 cm³/mol. The number of ether oxygens (including phenoxy) is 1. The van der Waals surface area contributed by atoms with E-state index in [4.69, 9.17) is 4.74 Å². The van der Waals surface area contributed by atoms with Crippen molar-refractivity contribution in [2.45, 2.75) is 13.0 Å². The van der Waals surface area contributed by atoms with Gasteiger partial charge in [-0.3, -0.25) is 4.79 Å². The fraction of sp³-hybridized carbons (Fsp3) is 0.0909. The highest BCUT2D eigenvalue weighted by atomic mass is 32.1. The Morgan fingerprint density at radius 2 is 1.75 bits per heavy atom. The number of carbonyl (C=O) groups is 1. The van der Waals surface area contributed by atoms with Gasteiger partial charge in [-0.2, -0.15) is 0 Å². The van der Waals surface area contributed by atoms with Crippen molar-refractivity contribution in [2.75, 3.05) is 5.32 Å². The third-order valence-electron chi connectivity index (χ3n) is 4.20. The van der Waals surface area contributed by atoms with Crippen molar-refractivity contribution in [1.29, 1.82) is 0 Å². The number of halogens is 1. The summed E-state index contributed by atoms with van der Waals surface area (Å²) in [6.07, 6.45) is -0.833. The molecule has 0 saturated carbocycles. The number of benzene rings is 3. The summed E-state index contributed by atoms with van der Waals surface area (Å²) in [6.45, 7) is 1.58. The first-order chi connectivity index (χ1) is 13.6. The Hall–Kier alpha value is -3.25. The fourth-order valence-electron chi connectivity index (χ4n) is 2.72. The first-order valence-electron chi connectivity index (χ1n) is 8.78. The van der Waals surface area contributed by atoms with E-state index in [1.807, 2.05) is 48.5 Å². The van der Waals surface area contributed by atoms with Gasteiger partial charge in [0.25, 0.3) is 5.91 Å². The summed E-state index contributed by atoms with van der Waals surface area (Å²) in [5.41, 5.74) is 2.59. The molecule has 1 aromatic heterocycles. The lowest BCUT2D eigenvalue weighted by Gasteiger charge is -2.15. The van der Waals surface area contributed by atoms with Crippen molar-refractivity contribution < 1.29 is 13.9 Å². The van der Waals surface area contributed by atoms with Gasteiger partial charge in [-0.25, -0.2) is 9.37 Å². The fourth-order valence-corrected chi connectivity index (χ4v) is 3.69. The zero-order valence-electron chi connectivity index (χ0n) is 15.1. The highest BCUT2D eigenvalue weighted by Crippen LogP contribution is 2.30. The van der Waals surface area contributed by atoms with Crippen LogP contribution in [0.4, 0.5) is 10.1 Å². The number of fused-ring (bicyclic) bond motifs is 1. The topological polar surface area (TPSA) is 51.2 Å². The molecule has 6 heteroatoms. The Labute approximate surface area is 165 Å². The van der Waals surface area contributed by atoms with Gasteiger partial charge in [-0.1, -0.05) is 24.3 Å². The molecule has 4 nitrogen and oxygen atoms in total. The molecule has 1 atom stereocenters. The first-order valence-corrected chi connectivity index (χ1v) is 9.60. The van der Waals surface area contributed by atoms with Gasteiger partial charge >= 0.3 is 0 Å². The quantitative estimate of drug-likeness (QED) is 0.487. The highest BCUT2D eigenvalue weighted by molar-refractivity contribution is 7.21. The van der Waals surface area contributed by atoms with E-state index in [1.54, 1.807) is 30.4 Å². The molecule has 3 aromatic carbocycles. The number of nitrogens with zero attached hydrogens (tertiary/aromatic N) is 1. The maximum absolute atomic E-state index is 13.7. The highest BCUT2D eigenvalue weighted by Gasteiger charge is 2.16. The number of nitrogens with one attached hydrogen (secondary N) is 1. The lowest BCUT2D eigenvalue weighted by atomic mass is 10.2. The van der Waals surface area contributed by atoms with Crippen LogP contribution in [0.1, 0.15) is 6.92 Å². The largest absolute Gasteiger partial charge is 0.478 e. The summed E-state index contributed by atoms with van der Waals surface area (Å²) in [4.78, 5) is 17.0. The first kappa shape index (κ1) is 18.1. The van der Waals surface area contributed by atoms with Crippen LogP contribution in [0.3, 0.4) is 0 Å². The lowest BCUT2D eigenvalue weighted by Crippen LogP contribution is -2.30. The summed E-state index contributed by atoms with van der Waals surface area (Å²) in [5.74, 6) is -0.797. The molecule has 4 aromatic rings. The molecule has 1 heterocycles. The van der Waals surface area contributed by atoms with Crippen molar-refractivity contribution >= 4 is 33.1 Å². The van der Waals surface area contributed by atoms with Gasteiger partial charge in [0.2, 0.25) is 0 Å². The number of aromatic nitrogens is 1. The molecule has 4 rings (SSSR count). The monoisotopic (exact) mass is 392 g/mol. The zero-order valence-corrected chi connectivity index (χ0v) is 15.9. The minimum Gasteiger partial charge on any atom is -0.478 e. The number of hydrogen-bond donors (Lipinski definition) is 1. The number of anilines is 1. The minimum atomic E-state index is -0.833. The second-order valence-corrected chi connectivity index (χ2v) is 7.27. The summed E-state index contributed by atoms with van der Waals surface area (Å²) in [5, 5.41) is 3.71. The maximum atomic E-state index is 13.7. The van der Waals surface area contributed by atoms with Gasteiger partial charge in [0, 0.05) is 11.3 Å². The molecule has 1 amide bonds. The Morgan fingerprint density at radius 1 is 1.04 bits per heavy atom. The SMILES string of the molecule is C[C@H](Oc1ccccc1F)C(=O)Nc1ccc(-c2nc3ccccc3s2)cc1. The molecule has 0 spiro atoms. The smallest absolute Gasteiger partial charge is 0.265 e. The second kappa shape index (κ2) is 7.78. The van der Waals surface area contributed by atoms with Gasteiger partial charge < -0.3 is 10.1 Å². The second-order valence-electron chi connectivity index (χ2n) is 6.24. The number of carbonyl (C=O) groups excluding carboxylic acids is 1. The molecule has 0 saturated heterocycles. The molecule has 0 bridgehead atoms. The van der Waals surface area contributed by atoms with Crippen LogP contribution in [0, 0.1) is 5.82 Å². The lowest BCUT2D eigenvalue weighted by molar-refractivity contribution is -0.122. The third kappa shape index (κ3) is 3.87. The molecular weight excluding hydrogens is 375 g/mol. The van der Waals surface area contributed by atoms with E-state index >= 15 is 0 Å². The normalized spacial score (nSPS) is 11.9. The Kier molecular flexibility index (Phi) is 5.04. The van der Waals surface area contributed by atoms with Crippen molar-refractivity contribution in [1.82, 2.24) is 4.98 Å². The summed E-state index contributed by atoms with van der Waals surface area (Å²) >= 11 is 1.62. The number of hydrogen-bond acceptors (Lipinski definition) is 4. The predicted octanol–water partition coefficient (Wildman–Crippen LogP) is 5.51. The van der Waals surface area contributed by atoms with E-state index in [0.29, 0.717) is 5.69 Å². The molecule has 0 aliphatic heterocycles. The van der Waals surface area contributed by atoms with Crippen molar-refractivity contribution in [3.63, 3.8) is 0 Å².